The van der Waals surface area contributed by atoms with Crippen molar-refractivity contribution in [2.45, 2.75) is 19.9 Å². The van der Waals surface area contributed by atoms with Gasteiger partial charge in [0.15, 0.2) is 0 Å². The first-order chi connectivity index (χ1) is 8.52. The van der Waals surface area contributed by atoms with Gasteiger partial charge in [0.05, 0.1) is 0 Å². The molecule has 0 aromatic heterocycles. The molecule has 5 nitrogen and oxygen atoms in total. The van der Waals surface area contributed by atoms with Gasteiger partial charge in [0, 0.05) is 15.8 Å². The third kappa shape index (κ3) is 4.91. The summed E-state index contributed by atoms with van der Waals surface area (Å²) in [5.74, 6) is -0.361. The summed E-state index contributed by atoms with van der Waals surface area (Å²) in [6.07, 6.45) is 0. The number of amides is 3. The van der Waals surface area contributed by atoms with Crippen molar-refractivity contribution in [3.05, 3.63) is 27.8 Å². The van der Waals surface area contributed by atoms with Crippen LogP contribution in [0.5, 0.6) is 0 Å². The first kappa shape index (κ1) is 14.7. The van der Waals surface area contributed by atoms with Gasteiger partial charge in [0.25, 0.3) is 0 Å². The topological polar surface area (TPSA) is 70.2 Å². The monoisotopic (exact) mass is 361 g/mol. The number of carbonyl (C=O) groups is 2. The minimum absolute atomic E-state index is 0.361. The van der Waals surface area contributed by atoms with Gasteiger partial charge >= 0.3 is 6.03 Å². The molecule has 0 saturated heterocycles. The lowest BCUT2D eigenvalue weighted by Gasteiger charge is -2.14. The lowest BCUT2D eigenvalue weighted by molar-refractivity contribution is -0.120. The standard InChI is InChI=1S/C12H16IN3O2/c1-3-14-12(18)16-11(17)8(2)15-10-6-4-5-9(13)7-10/h4-8,15H,3H2,1-2H3,(H2,14,16,17,18). The van der Waals surface area contributed by atoms with E-state index in [-0.39, 0.29) is 5.91 Å². The Balaban J connectivity index is 2.52. The van der Waals surface area contributed by atoms with Crippen molar-refractivity contribution in [1.82, 2.24) is 10.6 Å². The molecule has 18 heavy (non-hydrogen) atoms. The maximum Gasteiger partial charge on any atom is 0.321 e. The molecule has 1 aromatic carbocycles. The minimum atomic E-state index is -0.481. The molecule has 3 N–H and O–H groups in total. The summed E-state index contributed by atoms with van der Waals surface area (Å²) in [6.45, 7) is 3.98. The molecule has 1 atom stereocenters. The van der Waals surface area contributed by atoms with Gasteiger partial charge in [-0.2, -0.15) is 0 Å². The molecule has 1 aromatic rings. The first-order valence-electron chi connectivity index (χ1n) is 5.63. The Hall–Kier alpha value is -1.31. The molecule has 1 unspecified atom stereocenters. The van der Waals surface area contributed by atoms with E-state index in [2.05, 4.69) is 38.5 Å². The van der Waals surface area contributed by atoms with Crippen molar-refractivity contribution in [2.24, 2.45) is 0 Å². The Morgan fingerprint density at radius 1 is 1.39 bits per heavy atom. The third-order valence-corrected chi connectivity index (χ3v) is 2.85. The molecule has 0 fully saturated rings. The zero-order valence-corrected chi connectivity index (χ0v) is 12.4. The van der Waals surface area contributed by atoms with Crippen molar-refractivity contribution in [3.8, 4) is 0 Å². The number of carbonyl (C=O) groups excluding carboxylic acids is 2. The fourth-order valence-corrected chi connectivity index (χ4v) is 1.86. The van der Waals surface area contributed by atoms with E-state index in [4.69, 9.17) is 0 Å². The molecule has 0 saturated carbocycles. The number of hydrogen-bond acceptors (Lipinski definition) is 3. The first-order valence-corrected chi connectivity index (χ1v) is 6.71. The van der Waals surface area contributed by atoms with Crippen LogP contribution in [-0.2, 0) is 4.79 Å². The quantitative estimate of drug-likeness (QED) is 0.718. The summed E-state index contributed by atoms with van der Waals surface area (Å²) < 4.78 is 1.08. The molecular formula is C12H16IN3O2. The Bertz CT molecular complexity index is 437. The predicted molar refractivity (Wildman–Crippen MR) is 79.5 cm³/mol. The summed E-state index contributed by atoms with van der Waals surface area (Å²) in [6, 6.07) is 6.71. The lowest BCUT2D eigenvalue weighted by Crippen LogP contribution is -2.45. The van der Waals surface area contributed by atoms with Gasteiger partial charge in [-0.1, -0.05) is 6.07 Å². The second-order valence-corrected chi connectivity index (χ2v) is 4.97. The molecular weight excluding hydrogens is 345 g/mol. The molecule has 0 spiro atoms. The van der Waals surface area contributed by atoms with Gasteiger partial charge < -0.3 is 10.6 Å². The lowest BCUT2D eigenvalue weighted by atomic mass is 10.2. The van der Waals surface area contributed by atoms with Crippen LogP contribution >= 0.6 is 22.6 Å². The number of nitrogens with one attached hydrogen (secondary N) is 3. The highest BCUT2D eigenvalue weighted by Crippen LogP contribution is 2.13. The molecule has 0 radical (unpaired) electrons. The predicted octanol–water partition coefficient (Wildman–Crippen LogP) is 1.94. The zero-order valence-electron chi connectivity index (χ0n) is 10.3. The number of anilines is 1. The van der Waals surface area contributed by atoms with Gasteiger partial charge in [-0.25, -0.2) is 4.79 Å². The second kappa shape index (κ2) is 7.20. The average molecular weight is 361 g/mol. The highest BCUT2D eigenvalue weighted by molar-refractivity contribution is 14.1. The Morgan fingerprint density at radius 3 is 2.72 bits per heavy atom. The SMILES string of the molecule is CCNC(=O)NC(=O)C(C)Nc1cccc(I)c1. The average Bonchev–Trinajstić information content (AvgIpc) is 2.29. The number of urea groups is 1. The number of rotatable bonds is 4. The maximum absolute atomic E-state index is 11.7. The number of imide groups is 1. The Labute approximate surface area is 120 Å². The molecule has 0 heterocycles. The summed E-state index contributed by atoms with van der Waals surface area (Å²) in [5, 5.41) is 7.80. The highest BCUT2D eigenvalue weighted by atomic mass is 127. The van der Waals surface area contributed by atoms with Crippen LogP contribution in [0.25, 0.3) is 0 Å². The van der Waals surface area contributed by atoms with Gasteiger partial charge in [-0.05, 0) is 54.6 Å². The molecule has 6 heteroatoms. The van der Waals surface area contributed by atoms with E-state index in [1.54, 1.807) is 13.8 Å². The smallest absolute Gasteiger partial charge is 0.321 e. The van der Waals surface area contributed by atoms with E-state index in [1.165, 1.54) is 0 Å². The van der Waals surface area contributed by atoms with E-state index < -0.39 is 12.1 Å². The fraction of sp³-hybridized carbons (Fsp3) is 0.333. The highest BCUT2D eigenvalue weighted by Gasteiger charge is 2.14. The summed E-state index contributed by atoms with van der Waals surface area (Å²) in [4.78, 5) is 22.9. The number of hydrogen-bond donors (Lipinski definition) is 3. The number of benzene rings is 1. The van der Waals surface area contributed by atoms with Gasteiger partial charge in [0.2, 0.25) is 5.91 Å². The molecule has 0 aliphatic rings. The maximum atomic E-state index is 11.7. The van der Waals surface area contributed by atoms with Gasteiger partial charge in [-0.15, -0.1) is 0 Å². The summed E-state index contributed by atoms with van der Waals surface area (Å²) in [7, 11) is 0. The van der Waals surface area contributed by atoms with Crippen LogP contribution in [0, 0.1) is 3.57 Å². The van der Waals surface area contributed by atoms with E-state index in [0.29, 0.717) is 6.54 Å². The van der Waals surface area contributed by atoms with E-state index >= 15 is 0 Å². The molecule has 0 aliphatic carbocycles. The third-order valence-electron chi connectivity index (χ3n) is 2.18. The Morgan fingerprint density at radius 2 is 2.11 bits per heavy atom. The normalized spacial score (nSPS) is 11.5. The molecule has 3 amide bonds. The Kier molecular flexibility index (Phi) is 5.90. The van der Waals surface area contributed by atoms with E-state index in [1.807, 2.05) is 24.3 Å². The largest absolute Gasteiger partial charge is 0.374 e. The number of halogens is 1. The van der Waals surface area contributed by atoms with Crippen molar-refractivity contribution in [3.63, 3.8) is 0 Å². The molecule has 1 rings (SSSR count). The van der Waals surface area contributed by atoms with Crippen LogP contribution in [0.2, 0.25) is 0 Å². The molecule has 98 valence electrons. The van der Waals surface area contributed by atoms with Crippen LogP contribution in [0.3, 0.4) is 0 Å². The van der Waals surface area contributed by atoms with Gasteiger partial charge in [0.1, 0.15) is 6.04 Å². The van der Waals surface area contributed by atoms with Crippen molar-refractivity contribution in [2.75, 3.05) is 11.9 Å². The summed E-state index contributed by atoms with van der Waals surface area (Å²) >= 11 is 2.20. The van der Waals surface area contributed by atoms with Crippen molar-refractivity contribution >= 4 is 40.2 Å². The van der Waals surface area contributed by atoms with Crippen LogP contribution in [0.4, 0.5) is 10.5 Å². The molecule has 0 bridgehead atoms. The molecule has 0 aliphatic heterocycles. The summed E-state index contributed by atoms with van der Waals surface area (Å²) in [5.41, 5.74) is 0.848. The van der Waals surface area contributed by atoms with Crippen molar-refractivity contribution in [1.29, 1.82) is 0 Å². The van der Waals surface area contributed by atoms with E-state index in [0.717, 1.165) is 9.26 Å². The van der Waals surface area contributed by atoms with Crippen LogP contribution in [0.15, 0.2) is 24.3 Å². The zero-order chi connectivity index (χ0) is 13.5. The van der Waals surface area contributed by atoms with E-state index in [9.17, 15) is 9.59 Å². The fourth-order valence-electron chi connectivity index (χ4n) is 1.32. The van der Waals surface area contributed by atoms with Crippen molar-refractivity contribution < 1.29 is 9.59 Å². The van der Waals surface area contributed by atoms with Crippen LogP contribution in [0.1, 0.15) is 13.8 Å². The minimum Gasteiger partial charge on any atom is -0.374 e. The second-order valence-electron chi connectivity index (χ2n) is 3.73. The van der Waals surface area contributed by atoms with Gasteiger partial charge in [-0.3, -0.25) is 10.1 Å². The van der Waals surface area contributed by atoms with Crippen LogP contribution in [-0.4, -0.2) is 24.5 Å². The van der Waals surface area contributed by atoms with Crippen LogP contribution < -0.4 is 16.0 Å².